The number of piperidine rings is 1. The number of benzene rings is 1. The minimum atomic E-state index is -3.81. The standard InChI is InChI=1S/C20H28N4O4S/c1-20(2,3)28-19(25)23-18(15-9-12-21-13-10-15)29(26,27)17-7-5-16(6-8-17)24-14-4-11-22-24/h4-8,11,14-15,18,21H,9-10,12-13H2,1-3H3,(H,23,25). The summed E-state index contributed by atoms with van der Waals surface area (Å²) in [4.78, 5) is 12.5. The van der Waals surface area contributed by atoms with Crippen LogP contribution in [0.4, 0.5) is 4.79 Å². The third kappa shape index (κ3) is 5.36. The number of hydrogen-bond acceptors (Lipinski definition) is 6. The predicted octanol–water partition coefficient (Wildman–Crippen LogP) is 2.50. The Kier molecular flexibility index (Phi) is 6.28. The topological polar surface area (TPSA) is 102 Å². The van der Waals surface area contributed by atoms with Crippen molar-refractivity contribution < 1.29 is 17.9 Å². The van der Waals surface area contributed by atoms with Gasteiger partial charge in [-0.2, -0.15) is 5.10 Å². The minimum absolute atomic E-state index is 0.160. The Bertz CT molecular complexity index is 912. The van der Waals surface area contributed by atoms with Crippen LogP contribution in [0.15, 0.2) is 47.6 Å². The van der Waals surface area contributed by atoms with Crippen LogP contribution in [-0.4, -0.2) is 48.4 Å². The zero-order chi connectivity index (χ0) is 21.1. The van der Waals surface area contributed by atoms with Crippen LogP contribution in [0.25, 0.3) is 5.69 Å². The smallest absolute Gasteiger partial charge is 0.408 e. The first kappa shape index (κ1) is 21.3. The predicted molar refractivity (Wildman–Crippen MR) is 110 cm³/mol. The van der Waals surface area contributed by atoms with Crippen molar-refractivity contribution in [1.82, 2.24) is 20.4 Å². The summed E-state index contributed by atoms with van der Waals surface area (Å²) in [6.45, 7) is 6.66. The molecule has 29 heavy (non-hydrogen) atoms. The lowest BCUT2D eigenvalue weighted by Crippen LogP contribution is -2.50. The highest BCUT2D eigenvalue weighted by atomic mass is 32.2. The van der Waals surface area contributed by atoms with Gasteiger partial charge in [0.15, 0.2) is 9.84 Å². The Morgan fingerprint density at radius 3 is 2.45 bits per heavy atom. The highest BCUT2D eigenvalue weighted by Crippen LogP contribution is 2.27. The maximum absolute atomic E-state index is 13.4. The second kappa shape index (κ2) is 8.54. The number of hydrogen-bond donors (Lipinski definition) is 2. The monoisotopic (exact) mass is 420 g/mol. The Hall–Kier alpha value is -2.39. The number of ether oxygens (including phenoxy) is 1. The molecule has 1 aromatic carbocycles. The van der Waals surface area contributed by atoms with Gasteiger partial charge in [0.2, 0.25) is 0 Å². The van der Waals surface area contributed by atoms with E-state index < -0.39 is 26.9 Å². The molecule has 0 radical (unpaired) electrons. The van der Waals surface area contributed by atoms with E-state index in [-0.39, 0.29) is 10.8 Å². The van der Waals surface area contributed by atoms with Crippen LogP contribution in [0.3, 0.4) is 0 Å². The zero-order valence-electron chi connectivity index (χ0n) is 17.0. The number of carbonyl (C=O) groups is 1. The molecule has 1 saturated heterocycles. The fourth-order valence-electron chi connectivity index (χ4n) is 3.38. The molecule has 1 atom stereocenters. The van der Waals surface area contributed by atoms with Gasteiger partial charge in [-0.25, -0.2) is 17.9 Å². The molecule has 0 spiro atoms. The maximum Gasteiger partial charge on any atom is 0.408 e. The Balaban J connectivity index is 1.87. The summed E-state index contributed by atoms with van der Waals surface area (Å²) < 4.78 is 33.8. The fourth-order valence-corrected chi connectivity index (χ4v) is 5.22. The molecule has 2 aromatic rings. The second-order valence-corrected chi connectivity index (χ2v) is 10.2. The van der Waals surface area contributed by atoms with Crippen molar-refractivity contribution in [3.8, 4) is 5.69 Å². The van der Waals surface area contributed by atoms with Gasteiger partial charge in [0, 0.05) is 12.4 Å². The first-order valence-electron chi connectivity index (χ1n) is 9.71. The van der Waals surface area contributed by atoms with Gasteiger partial charge in [-0.05, 0) is 83.0 Å². The van der Waals surface area contributed by atoms with Gasteiger partial charge < -0.3 is 15.4 Å². The molecule has 0 aliphatic carbocycles. The molecular weight excluding hydrogens is 392 g/mol. The number of carbonyl (C=O) groups excluding carboxylic acids is 1. The lowest BCUT2D eigenvalue weighted by Gasteiger charge is -2.31. The van der Waals surface area contributed by atoms with Crippen molar-refractivity contribution in [2.75, 3.05) is 13.1 Å². The normalized spacial score (nSPS) is 16.9. The van der Waals surface area contributed by atoms with Crippen molar-refractivity contribution >= 4 is 15.9 Å². The average molecular weight is 421 g/mol. The van der Waals surface area contributed by atoms with Gasteiger partial charge in [-0.15, -0.1) is 0 Å². The summed E-state index contributed by atoms with van der Waals surface area (Å²) >= 11 is 0. The van der Waals surface area contributed by atoms with E-state index in [0.717, 1.165) is 5.69 Å². The first-order valence-corrected chi connectivity index (χ1v) is 11.3. The van der Waals surface area contributed by atoms with E-state index in [0.29, 0.717) is 25.9 Å². The molecule has 2 heterocycles. The van der Waals surface area contributed by atoms with E-state index in [4.69, 9.17) is 4.74 Å². The largest absolute Gasteiger partial charge is 0.444 e. The first-order chi connectivity index (χ1) is 13.7. The Labute approximate surface area is 171 Å². The maximum atomic E-state index is 13.4. The zero-order valence-corrected chi connectivity index (χ0v) is 17.8. The van der Waals surface area contributed by atoms with Crippen LogP contribution in [-0.2, 0) is 14.6 Å². The molecule has 1 unspecified atom stereocenters. The molecular formula is C20H28N4O4S. The minimum Gasteiger partial charge on any atom is -0.444 e. The van der Waals surface area contributed by atoms with E-state index in [9.17, 15) is 13.2 Å². The number of alkyl carbamates (subject to hydrolysis) is 1. The molecule has 1 aromatic heterocycles. The highest BCUT2D eigenvalue weighted by molar-refractivity contribution is 7.92. The van der Waals surface area contributed by atoms with E-state index >= 15 is 0 Å². The SMILES string of the molecule is CC(C)(C)OC(=O)NC(C1CCNCC1)S(=O)(=O)c1ccc(-n2cccn2)cc1. The molecule has 1 aliphatic rings. The summed E-state index contributed by atoms with van der Waals surface area (Å²) in [5.74, 6) is -0.195. The number of rotatable bonds is 5. The van der Waals surface area contributed by atoms with E-state index in [1.54, 1.807) is 68.2 Å². The van der Waals surface area contributed by atoms with Crippen LogP contribution >= 0.6 is 0 Å². The Morgan fingerprint density at radius 1 is 1.24 bits per heavy atom. The van der Waals surface area contributed by atoms with Gasteiger partial charge in [0.05, 0.1) is 10.6 Å². The molecule has 8 nitrogen and oxygen atoms in total. The van der Waals surface area contributed by atoms with E-state index in [2.05, 4.69) is 15.7 Å². The molecule has 2 N–H and O–H groups in total. The van der Waals surface area contributed by atoms with Crippen molar-refractivity contribution in [3.05, 3.63) is 42.7 Å². The molecule has 9 heteroatoms. The van der Waals surface area contributed by atoms with E-state index in [1.165, 1.54) is 0 Å². The molecule has 0 saturated carbocycles. The molecule has 0 bridgehead atoms. The van der Waals surface area contributed by atoms with Gasteiger partial charge in [-0.1, -0.05) is 0 Å². The van der Waals surface area contributed by atoms with Crippen LogP contribution in [0, 0.1) is 5.92 Å². The third-order valence-electron chi connectivity index (χ3n) is 4.74. The number of amides is 1. The number of nitrogens with one attached hydrogen (secondary N) is 2. The molecule has 3 rings (SSSR count). The van der Waals surface area contributed by atoms with Gasteiger partial charge >= 0.3 is 6.09 Å². The van der Waals surface area contributed by atoms with Gasteiger partial charge in [0.25, 0.3) is 0 Å². The number of nitrogens with zero attached hydrogens (tertiary/aromatic N) is 2. The highest BCUT2D eigenvalue weighted by Gasteiger charge is 2.37. The van der Waals surface area contributed by atoms with Crippen LogP contribution in [0.5, 0.6) is 0 Å². The molecule has 158 valence electrons. The lowest BCUT2D eigenvalue weighted by molar-refractivity contribution is 0.0503. The van der Waals surface area contributed by atoms with Crippen LogP contribution in [0.1, 0.15) is 33.6 Å². The summed E-state index contributed by atoms with van der Waals surface area (Å²) in [7, 11) is -3.81. The number of sulfone groups is 1. The molecule has 1 amide bonds. The molecule has 1 aliphatic heterocycles. The Morgan fingerprint density at radius 2 is 1.90 bits per heavy atom. The van der Waals surface area contributed by atoms with Crippen molar-refractivity contribution in [2.45, 2.75) is 49.5 Å². The summed E-state index contributed by atoms with van der Waals surface area (Å²) in [6, 6.07) is 8.30. The number of aromatic nitrogens is 2. The van der Waals surface area contributed by atoms with Crippen molar-refractivity contribution in [3.63, 3.8) is 0 Å². The van der Waals surface area contributed by atoms with E-state index in [1.807, 2.05) is 0 Å². The fraction of sp³-hybridized carbons (Fsp3) is 0.500. The lowest BCUT2D eigenvalue weighted by atomic mass is 9.98. The van der Waals surface area contributed by atoms with Gasteiger partial charge in [-0.3, -0.25) is 0 Å². The van der Waals surface area contributed by atoms with Crippen LogP contribution < -0.4 is 10.6 Å². The summed E-state index contributed by atoms with van der Waals surface area (Å²) in [6.07, 6.45) is 4.03. The van der Waals surface area contributed by atoms with Crippen LogP contribution in [0.2, 0.25) is 0 Å². The summed E-state index contributed by atoms with van der Waals surface area (Å²) in [5.41, 5.74) is 0.0465. The third-order valence-corrected chi connectivity index (χ3v) is 6.84. The quantitative estimate of drug-likeness (QED) is 0.771. The summed E-state index contributed by atoms with van der Waals surface area (Å²) in [5, 5.41) is 8.96. The average Bonchev–Trinajstić information content (AvgIpc) is 3.20. The second-order valence-electron chi connectivity index (χ2n) is 8.14. The van der Waals surface area contributed by atoms with Crippen molar-refractivity contribution in [1.29, 1.82) is 0 Å². The molecule has 1 fully saturated rings. The van der Waals surface area contributed by atoms with Gasteiger partial charge in [0.1, 0.15) is 11.0 Å². The van der Waals surface area contributed by atoms with Crippen molar-refractivity contribution in [2.24, 2.45) is 5.92 Å².